The smallest absolute Gasteiger partial charge is 0.413 e. The zero-order valence-corrected chi connectivity index (χ0v) is 25.1. The number of ether oxygens (including phenoxy) is 1. The maximum Gasteiger partial charge on any atom is 0.413 e. The molecule has 0 spiro atoms. The van der Waals surface area contributed by atoms with Crippen LogP contribution in [0.1, 0.15) is 25.6 Å². The van der Waals surface area contributed by atoms with E-state index in [9.17, 15) is 17.4 Å². The maximum absolute atomic E-state index is 14.6. The molecular formula is C23H25BrN4O5S4. The molecule has 1 aromatic heterocycles. The number of nitrogens with one attached hydrogen (secondary N) is 2. The van der Waals surface area contributed by atoms with Gasteiger partial charge in [0.2, 0.25) is 0 Å². The van der Waals surface area contributed by atoms with Gasteiger partial charge in [-0.05, 0) is 75.6 Å². The summed E-state index contributed by atoms with van der Waals surface area (Å²) in [4.78, 5) is 12.6. The fourth-order valence-electron chi connectivity index (χ4n) is 2.95. The molecule has 0 bridgehead atoms. The highest BCUT2D eigenvalue weighted by molar-refractivity contribution is 9.10. The number of sulfonamides is 1. The van der Waals surface area contributed by atoms with Crippen LogP contribution < -0.4 is 11.1 Å². The Morgan fingerprint density at radius 1 is 1.11 bits per heavy atom. The van der Waals surface area contributed by atoms with Gasteiger partial charge in [0.1, 0.15) is 21.2 Å². The number of amidine groups is 1. The molecule has 1 unspecified atom stereocenters. The van der Waals surface area contributed by atoms with E-state index >= 15 is 0 Å². The van der Waals surface area contributed by atoms with Gasteiger partial charge in [-0.1, -0.05) is 25.8 Å². The predicted octanol–water partition coefficient (Wildman–Crippen LogP) is 5.94. The van der Waals surface area contributed by atoms with Crippen molar-refractivity contribution in [1.82, 2.24) is 5.32 Å². The lowest BCUT2D eigenvalue weighted by Gasteiger charge is -2.19. The van der Waals surface area contributed by atoms with Gasteiger partial charge in [0.05, 0.1) is 23.8 Å². The summed E-state index contributed by atoms with van der Waals surface area (Å²) < 4.78 is 51.5. The molecule has 0 saturated carbocycles. The van der Waals surface area contributed by atoms with Crippen molar-refractivity contribution in [1.29, 1.82) is 5.41 Å². The molecule has 3 aromatic rings. The zero-order valence-electron chi connectivity index (χ0n) is 20.3. The molecule has 0 aliphatic rings. The molecule has 0 radical (unpaired) electrons. The summed E-state index contributed by atoms with van der Waals surface area (Å²) in [6, 6.07) is 13.3. The fourth-order valence-corrected chi connectivity index (χ4v) is 10.1. The van der Waals surface area contributed by atoms with Crippen LogP contribution in [0.4, 0.5) is 10.5 Å². The van der Waals surface area contributed by atoms with E-state index in [0.29, 0.717) is 14.4 Å². The molecule has 1 atom stereocenters. The number of nitrogen functional groups attached to an aromatic ring is 1. The zero-order chi connectivity index (χ0) is 27.6. The largest absolute Gasteiger partial charge is 0.444 e. The number of halogens is 1. The molecule has 2 aromatic carbocycles. The number of carbonyl (C=O) groups excluding carboxylic acids is 1. The second-order valence-electron chi connectivity index (χ2n) is 8.57. The highest BCUT2D eigenvalue weighted by atomic mass is 79.9. The van der Waals surface area contributed by atoms with Crippen molar-refractivity contribution < 1.29 is 22.2 Å². The minimum absolute atomic E-state index is 0.118. The lowest BCUT2D eigenvalue weighted by Crippen LogP contribution is -2.36. The number of carbonyl (C=O) groups is 1. The SMILES string of the molecule is CSc1sc(C(=N)NC(=O)OC(C)(C)C)cc1S(=O)(=NS(=O)(=O)c1ccc(N)cc1)c1cccc(Br)c1. The molecule has 198 valence electrons. The number of hydrogen-bond acceptors (Lipinski definition) is 9. The highest BCUT2D eigenvalue weighted by Gasteiger charge is 2.29. The van der Waals surface area contributed by atoms with E-state index in [1.165, 1.54) is 54.2 Å². The number of alkyl carbamates (subject to hydrolysis) is 1. The van der Waals surface area contributed by atoms with Crippen molar-refractivity contribution in [3.63, 3.8) is 0 Å². The van der Waals surface area contributed by atoms with Crippen LogP contribution in [0.15, 0.2) is 81.7 Å². The number of anilines is 1. The molecule has 0 saturated heterocycles. The quantitative estimate of drug-likeness (QED) is 0.130. The number of thiophene rings is 1. The fraction of sp³-hybridized carbons (Fsp3) is 0.217. The Hall–Kier alpha value is -2.39. The molecular weight excluding hydrogens is 620 g/mol. The number of rotatable bonds is 6. The van der Waals surface area contributed by atoms with E-state index in [-0.39, 0.29) is 25.4 Å². The van der Waals surface area contributed by atoms with Gasteiger partial charge in [-0.25, -0.2) is 9.00 Å². The number of hydrogen-bond donors (Lipinski definition) is 3. The maximum atomic E-state index is 14.6. The number of thioether (sulfide) groups is 1. The van der Waals surface area contributed by atoms with Crippen LogP contribution in [0, 0.1) is 5.41 Å². The minimum atomic E-state index is -4.39. The number of amides is 1. The van der Waals surface area contributed by atoms with Gasteiger partial charge in [-0.3, -0.25) is 10.7 Å². The first-order chi connectivity index (χ1) is 17.1. The van der Waals surface area contributed by atoms with Crippen molar-refractivity contribution in [2.75, 3.05) is 12.0 Å². The third kappa shape index (κ3) is 7.13. The molecule has 37 heavy (non-hydrogen) atoms. The summed E-state index contributed by atoms with van der Waals surface area (Å²) in [5.41, 5.74) is 5.29. The average molecular weight is 646 g/mol. The predicted molar refractivity (Wildman–Crippen MR) is 152 cm³/mol. The molecule has 0 aliphatic heterocycles. The minimum Gasteiger partial charge on any atom is -0.444 e. The number of benzene rings is 2. The Labute approximate surface area is 233 Å². The molecule has 4 N–H and O–H groups in total. The number of nitrogens with two attached hydrogens (primary N) is 1. The van der Waals surface area contributed by atoms with Crippen molar-refractivity contribution in [2.45, 2.75) is 45.3 Å². The van der Waals surface area contributed by atoms with E-state index in [1.807, 2.05) is 0 Å². The summed E-state index contributed by atoms with van der Waals surface area (Å²) in [5.74, 6) is -0.279. The third-order valence-electron chi connectivity index (χ3n) is 4.52. The molecule has 14 heteroatoms. The summed E-state index contributed by atoms with van der Waals surface area (Å²) in [7, 11) is -8.16. The van der Waals surface area contributed by atoms with E-state index in [4.69, 9.17) is 15.9 Å². The van der Waals surface area contributed by atoms with Gasteiger partial charge in [0.25, 0.3) is 10.0 Å². The first-order valence-corrected chi connectivity index (χ1v) is 16.3. The van der Waals surface area contributed by atoms with Gasteiger partial charge in [-0.2, -0.15) is 8.42 Å². The Morgan fingerprint density at radius 2 is 1.76 bits per heavy atom. The van der Waals surface area contributed by atoms with Crippen molar-refractivity contribution in [3.05, 3.63) is 63.9 Å². The van der Waals surface area contributed by atoms with Crippen molar-refractivity contribution in [3.8, 4) is 0 Å². The topological polar surface area (TPSA) is 152 Å². The molecule has 0 fully saturated rings. The molecule has 1 amide bonds. The van der Waals surface area contributed by atoms with E-state index in [2.05, 4.69) is 25.0 Å². The third-order valence-corrected chi connectivity index (χ3v) is 11.9. The highest BCUT2D eigenvalue weighted by Crippen LogP contribution is 2.39. The van der Waals surface area contributed by atoms with Crippen LogP contribution in [0.2, 0.25) is 0 Å². The first kappa shape index (κ1) is 29.2. The van der Waals surface area contributed by atoms with Crippen LogP contribution in [0.5, 0.6) is 0 Å². The van der Waals surface area contributed by atoms with E-state index in [1.54, 1.807) is 39.2 Å². The first-order valence-electron chi connectivity index (χ1n) is 10.6. The molecule has 1 heterocycles. The Kier molecular flexibility index (Phi) is 8.79. The average Bonchev–Trinajstić information content (AvgIpc) is 3.23. The summed E-state index contributed by atoms with van der Waals surface area (Å²) in [5, 5.41) is 10.7. The monoisotopic (exact) mass is 644 g/mol. The van der Waals surface area contributed by atoms with Crippen LogP contribution in [-0.2, 0) is 24.5 Å². The van der Waals surface area contributed by atoms with E-state index in [0.717, 1.165) is 11.3 Å². The molecule has 0 aliphatic carbocycles. The number of nitrogens with zero attached hydrogens (tertiary/aromatic N) is 1. The van der Waals surface area contributed by atoms with Gasteiger partial charge in [0, 0.05) is 10.2 Å². The lowest BCUT2D eigenvalue weighted by molar-refractivity contribution is 0.0563. The normalized spacial score (nSPS) is 13.4. The van der Waals surface area contributed by atoms with Crippen molar-refractivity contribution >= 4 is 76.4 Å². The van der Waals surface area contributed by atoms with Gasteiger partial charge < -0.3 is 10.5 Å². The molecule has 3 rings (SSSR count). The Balaban J connectivity index is 2.20. The van der Waals surface area contributed by atoms with Crippen LogP contribution in [0.25, 0.3) is 0 Å². The van der Waals surface area contributed by atoms with Crippen LogP contribution in [-0.4, -0.2) is 36.4 Å². The van der Waals surface area contributed by atoms with E-state index < -0.39 is 31.4 Å². The molecule has 9 nitrogen and oxygen atoms in total. The lowest BCUT2D eigenvalue weighted by atomic mass is 10.2. The summed E-state index contributed by atoms with van der Waals surface area (Å²) >= 11 is 5.66. The van der Waals surface area contributed by atoms with Gasteiger partial charge >= 0.3 is 6.09 Å². The van der Waals surface area contributed by atoms with Gasteiger partial charge in [-0.15, -0.1) is 23.1 Å². The summed E-state index contributed by atoms with van der Waals surface area (Å²) in [6.45, 7) is 5.09. The van der Waals surface area contributed by atoms with Crippen LogP contribution >= 0.6 is 39.0 Å². The van der Waals surface area contributed by atoms with Gasteiger partial charge in [0.15, 0.2) is 0 Å². The Morgan fingerprint density at radius 3 is 2.32 bits per heavy atom. The Bertz CT molecular complexity index is 1570. The second kappa shape index (κ2) is 11.2. The van der Waals surface area contributed by atoms with Crippen LogP contribution in [0.3, 0.4) is 0 Å². The second-order valence-corrected chi connectivity index (χ2v) is 15.6. The van der Waals surface area contributed by atoms with Crippen molar-refractivity contribution in [2.24, 2.45) is 3.77 Å². The summed E-state index contributed by atoms with van der Waals surface area (Å²) in [6.07, 6.45) is 0.917. The standard InChI is InChI=1S/C23H25BrN4O5S4/c1-23(2,3)33-22(29)27-20(26)18-13-19(21(34-4)35-18)36(30,17-7-5-6-14(24)12-17)28-37(31,32)16-10-8-15(25)9-11-16/h5-13H,25H2,1-4H3,(H2,26,27,29).